The van der Waals surface area contributed by atoms with Crippen LogP contribution in [0.3, 0.4) is 0 Å². The van der Waals surface area contributed by atoms with Gasteiger partial charge >= 0.3 is 0 Å². The molecule has 0 saturated heterocycles. The van der Waals surface area contributed by atoms with Crippen molar-refractivity contribution >= 4 is 67.5 Å². The Morgan fingerprint density at radius 1 is 0.489 bits per heavy atom. The lowest BCUT2D eigenvalue weighted by molar-refractivity contribution is 0.598. The van der Waals surface area contributed by atoms with E-state index in [4.69, 9.17) is 0 Å². The van der Waals surface area contributed by atoms with Crippen LogP contribution in [0.25, 0.3) is 11.1 Å². The van der Waals surface area contributed by atoms with Crippen molar-refractivity contribution in [1.82, 2.24) is 0 Å². The number of hydrogen-bond acceptors (Lipinski definition) is 6. The third-order valence-electron chi connectivity index (χ3n) is 8.81. The van der Waals surface area contributed by atoms with Gasteiger partial charge in [0.05, 0.1) is 32.5 Å². The van der Waals surface area contributed by atoms with Crippen molar-refractivity contribution in [2.24, 2.45) is 0 Å². The van der Waals surface area contributed by atoms with Crippen LogP contribution in [0.1, 0.15) is 11.1 Å². The van der Waals surface area contributed by atoms with Gasteiger partial charge in [-0.2, -0.15) is 0 Å². The normalized spacial score (nSPS) is 15.0. The molecular weight excluding hydrogens is 613 g/mol. The summed E-state index contributed by atoms with van der Waals surface area (Å²) in [5, 5.41) is 0. The molecule has 0 fully saturated rings. The summed E-state index contributed by atoms with van der Waals surface area (Å²) in [5.41, 5.74) is 10.1. The molecule has 0 aromatic heterocycles. The predicted octanol–water partition coefficient (Wildman–Crippen LogP) is 11.0. The fourth-order valence-electron chi connectivity index (χ4n) is 6.79. The zero-order valence-electron chi connectivity index (χ0n) is 24.5. The predicted molar refractivity (Wildman–Crippen MR) is 184 cm³/mol. The second-order valence-corrected chi connectivity index (χ2v) is 15.6. The molecule has 4 nitrogen and oxygen atoms in total. The second kappa shape index (κ2) is 9.78. The standard InChI is InChI=1S/C38H26N2O2S3/c1-23-9-7-15-33-37(23)39(29-11-3-5-13-31(29)43-33)25-17-19-35-27(21-25)28-22-26(18-20-36(28)45(35,41)42)40-30-12-4-6-14-32(30)44-34-16-8-10-24(2)38(34)40/h3-22H,1-2H3. The molecule has 3 aliphatic rings. The molecule has 0 N–H and O–H groups in total. The van der Waals surface area contributed by atoms with Gasteiger partial charge in [-0.1, -0.05) is 72.1 Å². The first kappa shape index (κ1) is 26.9. The Morgan fingerprint density at radius 3 is 1.38 bits per heavy atom. The molecule has 9 rings (SSSR count). The first-order chi connectivity index (χ1) is 21.9. The molecule has 0 bridgehead atoms. The van der Waals surface area contributed by atoms with Crippen molar-refractivity contribution in [3.05, 3.63) is 132 Å². The second-order valence-electron chi connectivity index (χ2n) is 11.5. The van der Waals surface area contributed by atoms with Crippen molar-refractivity contribution < 1.29 is 8.42 Å². The lowest BCUT2D eigenvalue weighted by atomic mass is 10.0. The van der Waals surface area contributed by atoms with E-state index in [-0.39, 0.29) is 0 Å². The highest BCUT2D eigenvalue weighted by atomic mass is 32.2. The Bertz CT molecular complexity index is 2190. The topological polar surface area (TPSA) is 40.6 Å². The zero-order chi connectivity index (χ0) is 30.4. The minimum atomic E-state index is -3.66. The number of anilines is 6. The minimum absolute atomic E-state index is 0.356. The highest BCUT2D eigenvalue weighted by Crippen LogP contribution is 2.56. The Balaban J connectivity index is 1.25. The molecule has 6 aromatic carbocycles. The molecule has 0 aliphatic carbocycles. The summed E-state index contributed by atoms with van der Waals surface area (Å²) in [4.78, 5) is 9.97. The van der Waals surface area contributed by atoms with Gasteiger partial charge in [-0.25, -0.2) is 8.42 Å². The van der Waals surface area contributed by atoms with E-state index in [1.165, 1.54) is 30.7 Å². The highest BCUT2D eigenvalue weighted by Gasteiger charge is 2.36. The van der Waals surface area contributed by atoms with E-state index in [2.05, 4.69) is 121 Å². The van der Waals surface area contributed by atoms with E-state index in [1.807, 2.05) is 12.1 Å². The molecule has 3 aliphatic heterocycles. The molecule has 7 heteroatoms. The summed E-state index contributed by atoms with van der Waals surface area (Å²) in [6.07, 6.45) is 0. The molecule has 0 saturated carbocycles. The van der Waals surface area contributed by atoms with Crippen molar-refractivity contribution in [3.63, 3.8) is 0 Å². The van der Waals surface area contributed by atoms with E-state index < -0.39 is 9.84 Å². The van der Waals surface area contributed by atoms with E-state index in [9.17, 15) is 8.42 Å². The summed E-state index contributed by atoms with van der Waals surface area (Å²) < 4.78 is 27.8. The van der Waals surface area contributed by atoms with Gasteiger partial charge in [0.25, 0.3) is 0 Å². The molecule has 218 valence electrons. The summed E-state index contributed by atoms with van der Waals surface area (Å²) in [6, 6.07) is 41.2. The van der Waals surface area contributed by atoms with Gasteiger partial charge < -0.3 is 9.80 Å². The van der Waals surface area contributed by atoms with Crippen molar-refractivity contribution in [2.45, 2.75) is 43.2 Å². The van der Waals surface area contributed by atoms with Crippen LogP contribution in [0.5, 0.6) is 0 Å². The molecular formula is C38H26N2O2S3. The quantitative estimate of drug-likeness (QED) is 0.188. The molecule has 0 atom stereocenters. The summed E-state index contributed by atoms with van der Waals surface area (Å²) in [5.74, 6) is 0. The smallest absolute Gasteiger partial charge is 0.207 e. The number of aryl methyl sites for hydroxylation is 2. The maximum Gasteiger partial charge on any atom is 0.207 e. The molecule has 0 spiro atoms. The average Bonchev–Trinajstić information content (AvgIpc) is 3.28. The Labute approximate surface area is 271 Å². The van der Waals surface area contributed by atoms with Gasteiger partial charge in [0, 0.05) is 42.1 Å². The maximum atomic E-state index is 13.9. The number of benzene rings is 6. The van der Waals surface area contributed by atoms with Gasteiger partial charge in [0.2, 0.25) is 9.84 Å². The fourth-order valence-corrected chi connectivity index (χ4v) is 10.7. The van der Waals surface area contributed by atoms with Crippen LogP contribution in [-0.4, -0.2) is 8.42 Å². The van der Waals surface area contributed by atoms with Crippen LogP contribution >= 0.6 is 23.5 Å². The summed E-state index contributed by atoms with van der Waals surface area (Å²) in [6.45, 7) is 4.27. The number of nitrogens with zero attached hydrogens (tertiary/aromatic N) is 2. The lowest BCUT2D eigenvalue weighted by Crippen LogP contribution is -2.16. The van der Waals surface area contributed by atoms with E-state index in [0.717, 1.165) is 45.3 Å². The van der Waals surface area contributed by atoms with Crippen molar-refractivity contribution in [2.75, 3.05) is 9.80 Å². The highest BCUT2D eigenvalue weighted by molar-refractivity contribution is 8.00. The summed E-state index contributed by atoms with van der Waals surface area (Å²) >= 11 is 3.54. The largest absolute Gasteiger partial charge is 0.308 e. The lowest BCUT2D eigenvalue weighted by Gasteiger charge is -2.34. The summed E-state index contributed by atoms with van der Waals surface area (Å²) in [7, 11) is -3.66. The molecule has 3 heterocycles. The first-order valence-electron chi connectivity index (χ1n) is 14.8. The number of rotatable bonds is 2. The van der Waals surface area contributed by atoms with E-state index in [0.29, 0.717) is 9.79 Å². The van der Waals surface area contributed by atoms with Gasteiger partial charge in [-0.05, 0) is 97.8 Å². The molecule has 0 unspecified atom stereocenters. The molecule has 45 heavy (non-hydrogen) atoms. The zero-order valence-corrected chi connectivity index (χ0v) is 26.9. The number of fused-ring (bicyclic) bond motifs is 7. The van der Waals surface area contributed by atoms with Gasteiger partial charge in [-0.3, -0.25) is 0 Å². The van der Waals surface area contributed by atoms with Crippen molar-refractivity contribution in [1.29, 1.82) is 0 Å². The van der Waals surface area contributed by atoms with Gasteiger partial charge in [0.15, 0.2) is 0 Å². The average molecular weight is 639 g/mol. The van der Waals surface area contributed by atoms with Crippen LogP contribution < -0.4 is 9.80 Å². The third kappa shape index (κ3) is 3.91. The monoisotopic (exact) mass is 638 g/mol. The number of sulfone groups is 1. The van der Waals surface area contributed by atoms with Crippen molar-refractivity contribution in [3.8, 4) is 11.1 Å². The maximum absolute atomic E-state index is 13.9. The minimum Gasteiger partial charge on any atom is -0.308 e. The van der Waals surface area contributed by atoms with Crippen LogP contribution in [0.15, 0.2) is 151 Å². The van der Waals surface area contributed by atoms with Gasteiger partial charge in [0.1, 0.15) is 0 Å². The number of hydrogen-bond donors (Lipinski definition) is 0. The Kier molecular flexibility index (Phi) is 5.85. The Morgan fingerprint density at radius 2 is 0.911 bits per heavy atom. The SMILES string of the molecule is Cc1cccc2c1N(c1ccc3c(c1)-c1cc(N4c5ccccc5Sc5cccc(C)c54)ccc1S3(=O)=O)c1ccccc1S2. The van der Waals surface area contributed by atoms with E-state index in [1.54, 1.807) is 35.7 Å². The van der Waals surface area contributed by atoms with Crippen LogP contribution in [0, 0.1) is 13.8 Å². The Hall–Kier alpha value is -4.43. The van der Waals surface area contributed by atoms with Crippen LogP contribution in [-0.2, 0) is 9.84 Å². The van der Waals surface area contributed by atoms with Gasteiger partial charge in [-0.15, -0.1) is 0 Å². The first-order valence-corrected chi connectivity index (χ1v) is 17.9. The van der Waals surface area contributed by atoms with Crippen LogP contribution in [0.4, 0.5) is 34.1 Å². The molecule has 0 radical (unpaired) electrons. The van der Waals surface area contributed by atoms with E-state index >= 15 is 0 Å². The third-order valence-corrected chi connectivity index (χ3v) is 12.9. The molecule has 6 aromatic rings. The fraction of sp³-hybridized carbons (Fsp3) is 0.0526. The molecule has 0 amide bonds. The number of para-hydroxylation sites is 4. The van der Waals surface area contributed by atoms with Crippen LogP contribution in [0.2, 0.25) is 0 Å².